The van der Waals surface area contributed by atoms with Crippen LogP contribution in [0.25, 0.3) is 0 Å². The number of hydrogen-bond donors (Lipinski definition) is 1. The third kappa shape index (κ3) is 7.85. The maximum Gasteiger partial charge on any atom is 0.338 e. The maximum atomic E-state index is 13.0. The molecule has 36 heavy (non-hydrogen) atoms. The molecule has 0 atom stereocenters. The number of hydrogen-bond acceptors (Lipinski definition) is 6. The Kier molecular flexibility index (Phi) is 9.08. The number of rotatable bonds is 9. The van der Waals surface area contributed by atoms with Crippen molar-refractivity contribution >= 4 is 35.1 Å². The SMILES string of the molecule is CC(C)OC(=O)c1cc(NC(=O)c2cccc(COc3ccc(Cl)cc3)c2)cc(C(=O)OC(C)C)c1. The molecule has 0 aliphatic carbocycles. The fourth-order valence-electron chi connectivity index (χ4n) is 3.20. The van der Waals surface area contributed by atoms with Gasteiger partial charge in [-0.15, -0.1) is 0 Å². The summed E-state index contributed by atoms with van der Waals surface area (Å²) < 4.78 is 16.3. The Labute approximate surface area is 215 Å². The van der Waals surface area contributed by atoms with Gasteiger partial charge >= 0.3 is 11.9 Å². The minimum atomic E-state index is -0.610. The molecule has 0 heterocycles. The molecule has 0 aliphatic heterocycles. The average molecular weight is 510 g/mol. The quantitative estimate of drug-likeness (QED) is 0.340. The second-order valence-electron chi connectivity index (χ2n) is 8.60. The van der Waals surface area contributed by atoms with Crippen molar-refractivity contribution in [1.29, 1.82) is 0 Å². The van der Waals surface area contributed by atoms with Crippen LogP contribution >= 0.6 is 11.6 Å². The molecule has 3 aromatic carbocycles. The summed E-state index contributed by atoms with van der Waals surface area (Å²) in [5.74, 6) is -0.983. The van der Waals surface area contributed by atoms with E-state index in [1.165, 1.54) is 18.2 Å². The van der Waals surface area contributed by atoms with E-state index >= 15 is 0 Å². The summed E-state index contributed by atoms with van der Waals surface area (Å²) in [6.07, 6.45) is -0.695. The predicted octanol–water partition coefficient (Wildman–Crippen LogP) is 6.30. The number of halogens is 1. The molecule has 0 radical (unpaired) electrons. The molecular formula is C28H28ClNO6. The summed E-state index contributed by atoms with van der Waals surface area (Å²) in [7, 11) is 0. The van der Waals surface area contributed by atoms with Gasteiger partial charge in [0.1, 0.15) is 12.4 Å². The van der Waals surface area contributed by atoms with Crippen LogP contribution in [0, 0.1) is 0 Å². The fraction of sp³-hybridized carbons (Fsp3) is 0.250. The second-order valence-corrected chi connectivity index (χ2v) is 9.04. The Bertz CT molecular complexity index is 1200. The molecule has 7 nitrogen and oxygen atoms in total. The molecular weight excluding hydrogens is 482 g/mol. The number of nitrogens with one attached hydrogen (secondary N) is 1. The standard InChI is InChI=1S/C28H28ClNO6/c1-17(2)35-27(32)21-13-22(28(33)36-18(3)4)15-24(14-21)30-26(31)20-7-5-6-19(12-20)16-34-25-10-8-23(29)9-11-25/h5-15,17-18H,16H2,1-4H3,(H,30,31). The molecule has 0 unspecified atom stereocenters. The molecule has 0 fully saturated rings. The van der Waals surface area contributed by atoms with E-state index in [1.54, 1.807) is 70.2 Å². The van der Waals surface area contributed by atoms with Crippen LogP contribution in [0.2, 0.25) is 5.02 Å². The highest BCUT2D eigenvalue weighted by Crippen LogP contribution is 2.20. The third-order valence-corrected chi connectivity index (χ3v) is 5.01. The summed E-state index contributed by atoms with van der Waals surface area (Å²) in [4.78, 5) is 38.0. The normalized spacial score (nSPS) is 10.8. The highest BCUT2D eigenvalue weighted by molar-refractivity contribution is 6.30. The Hall–Kier alpha value is -3.84. The Balaban J connectivity index is 1.79. The van der Waals surface area contributed by atoms with Crippen LogP contribution in [0.4, 0.5) is 5.69 Å². The first-order valence-electron chi connectivity index (χ1n) is 11.5. The van der Waals surface area contributed by atoms with E-state index in [9.17, 15) is 14.4 Å². The summed E-state index contributed by atoms with van der Waals surface area (Å²) in [5.41, 5.74) is 1.68. The Morgan fingerprint density at radius 3 is 1.92 bits per heavy atom. The van der Waals surface area contributed by atoms with Crippen molar-refractivity contribution in [3.8, 4) is 5.75 Å². The van der Waals surface area contributed by atoms with Crippen molar-refractivity contribution in [2.75, 3.05) is 5.32 Å². The van der Waals surface area contributed by atoms with E-state index in [2.05, 4.69) is 5.32 Å². The van der Waals surface area contributed by atoms with Crippen LogP contribution in [0.5, 0.6) is 5.75 Å². The first-order valence-corrected chi connectivity index (χ1v) is 11.8. The minimum absolute atomic E-state index is 0.127. The number of carbonyl (C=O) groups is 3. The smallest absolute Gasteiger partial charge is 0.338 e. The van der Waals surface area contributed by atoms with E-state index in [0.717, 1.165) is 5.56 Å². The van der Waals surface area contributed by atoms with Crippen LogP contribution in [0.1, 0.15) is 64.3 Å². The lowest BCUT2D eigenvalue weighted by atomic mass is 10.1. The van der Waals surface area contributed by atoms with Crippen LogP contribution in [-0.2, 0) is 16.1 Å². The highest BCUT2D eigenvalue weighted by Gasteiger charge is 2.18. The number of amides is 1. The molecule has 0 aliphatic rings. The van der Waals surface area contributed by atoms with Gasteiger partial charge in [0.15, 0.2) is 0 Å². The molecule has 188 valence electrons. The zero-order valence-electron chi connectivity index (χ0n) is 20.5. The number of carbonyl (C=O) groups excluding carboxylic acids is 3. The van der Waals surface area contributed by atoms with Gasteiger partial charge in [-0.3, -0.25) is 4.79 Å². The predicted molar refractivity (Wildman–Crippen MR) is 138 cm³/mol. The van der Waals surface area contributed by atoms with E-state index in [0.29, 0.717) is 16.3 Å². The number of anilines is 1. The van der Waals surface area contributed by atoms with Crippen LogP contribution in [-0.4, -0.2) is 30.1 Å². The summed E-state index contributed by atoms with van der Waals surface area (Å²) in [5, 5.41) is 3.37. The highest BCUT2D eigenvalue weighted by atomic mass is 35.5. The Morgan fingerprint density at radius 1 is 0.778 bits per heavy atom. The molecule has 0 bridgehead atoms. The summed E-state index contributed by atoms with van der Waals surface area (Å²) in [6.45, 7) is 7.15. The molecule has 0 aromatic heterocycles. The average Bonchev–Trinajstić information content (AvgIpc) is 2.83. The molecule has 0 saturated carbocycles. The van der Waals surface area contributed by atoms with Crippen molar-refractivity contribution in [3.63, 3.8) is 0 Å². The van der Waals surface area contributed by atoms with Gasteiger partial charge in [-0.2, -0.15) is 0 Å². The third-order valence-electron chi connectivity index (χ3n) is 4.76. The van der Waals surface area contributed by atoms with E-state index in [-0.39, 0.29) is 35.6 Å². The maximum absolute atomic E-state index is 13.0. The van der Waals surface area contributed by atoms with E-state index < -0.39 is 17.8 Å². The van der Waals surface area contributed by atoms with Crippen LogP contribution < -0.4 is 10.1 Å². The molecule has 0 spiro atoms. The Morgan fingerprint density at radius 2 is 1.36 bits per heavy atom. The van der Waals surface area contributed by atoms with Crippen molar-refractivity contribution in [2.24, 2.45) is 0 Å². The largest absolute Gasteiger partial charge is 0.489 e. The number of benzene rings is 3. The van der Waals surface area contributed by atoms with Crippen LogP contribution in [0.3, 0.4) is 0 Å². The fourth-order valence-corrected chi connectivity index (χ4v) is 3.33. The van der Waals surface area contributed by atoms with Gasteiger partial charge in [0.05, 0.1) is 23.3 Å². The van der Waals surface area contributed by atoms with Gasteiger partial charge in [-0.1, -0.05) is 23.7 Å². The number of ether oxygens (including phenoxy) is 3. The molecule has 3 rings (SSSR count). The first-order chi connectivity index (χ1) is 17.1. The van der Waals surface area contributed by atoms with Crippen molar-refractivity contribution in [1.82, 2.24) is 0 Å². The summed E-state index contributed by atoms with van der Waals surface area (Å²) >= 11 is 5.90. The topological polar surface area (TPSA) is 90.9 Å². The zero-order chi connectivity index (χ0) is 26.2. The molecule has 1 N–H and O–H groups in total. The lowest BCUT2D eigenvalue weighted by Gasteiger charge is -2.14. The second kappa shape index (κ2) is 12.2. The molecule has 8 heteroatoms. The lowest BCUT2D eigenvalue weighted by Crippen LogP contribution is -2.17. The number of esters is 2. The van der Waals surface area contributed by atoms with Gasteiger partial charge in [-0.25, -0.2) is 9.59 Å². The van der Waals surface area contributed by atoms with Crippen LogP contribution in [0.15, 0.2) is 66.7 Å². The van der Waals surface area contributed by atoms with Gasteiger partial charge in [0.2, 0.25) is 0 Å². The zero-order valence-corrected chi connectivity index (χ0v) is 21.3. The molecule has 1 amide bonds. The molecule has 0 saturated heterocycles. The van der Waals surface area contributed by atoms with E-state index in [4.69, 9.17) is 25.8 Å². The van der Waals surface area contributed by atoms with Gasteiger partial charge in [0.25, 0.3) is 5.91 Å². The first kappa shape index (κ1) is 26.8. The summed E-state index contributed by atoms with van der Waals surface area (Å²) in [6, 6.07) is 18.3. The van der Waals surface area contributed by atoms with Crippen molar-refractivity contribution < 1.29 is 28.6 Å². The van der Waals surface area contributed by atoms with Gasteiger partial charge in [-0.05, 0) is 87.9 Å². The van der Waals surface area contributed by atoms with E-state index in [1.807, 2.05) is 6.07 Å². The lowest BCUT2D eigenvalue weighted by molar-refractivity contribution is 0.0377. The van der Waals surface area contributed by atoms with Gasteiger partial charge in [0, 0.05) is 16.3 Å². The van der Waals surface area contributed by atoms with Gasteiger partial charge < -0.3 is 19.5 Å². The molecule has 3 aromatic rings. The minimum Gasteiger partial charge on any atom is -0.489 e. The monoisotopic (exact) mass is 509 g/mol. The van der Waals surface area contributed by atoms with Crippen molar-refractivity contribution in [2.45, 2.75) is 46.5 Å². The van der Waals surface area contributed by atoms with Crippen molar-refractivity contribution in [3.05, 3.63) is 94.0 Å².